The van der Waals surface area contributed by atoms with E-state index >= 15 is 0 Å². The minimum absolute atomic E-state index is 0.0955. The second-order valence-corrected chi connectivity index (χ2v) is 30.4. The molecule has 31 heteroatoms. The van der Waals surface area contributed by atoms with E-state index < -0.39 is 178 Å². The van der Waals surface area contributed by atoms with E-state index in [0.29, 0.717) is 17.2 Å². The van der Waals surface area contributed by atoms with Crippen molar-refractivity contribution in [3.8, 4) is 0 Å². The largest absolute Gasteiger partial charge is 0.465 e. The van der Waals surface area contributed by atoms with E-state index in [4.69, 9.17) is 111 Å². The highest BCUT2D eigenvalue weighted by Crippen LogP contribution is 2.42. The number of hydrogen-bond acceptors (Lipinski definition) is 24. The van der Waals surface area contributed by atoms with Crippen LogP contribution >= 0.6 is 34.8 Å². The summed E-state index contributed by atoms with van der Waals surface area (Å²) in [5.41, 5.74) is 11.6. The summed E-state index contributed by atoms with van der Waals surface area (Å²) < 4.78 is 96.5. The Bertz CT molecular complexity index is 2880. The fraction of sp³-hybridized carbons (Fsp3) is 0.586. The number of nitrogens with one attached hydrogen (secondary N) is 1. The molecule has 0 spiro atoms. The maximum atomic E-state index is 14.7. The third-order valence-corrected chi connectivity index (χ3v) is 16.4. The Labute approximate surface area is 529 Å². The summed E-state index contributed by atoms with van der Waals surface area (Å²) in [6.07, 6.45) is -23.5. The summed E-state index contributed by atoms with van der Waals surface area (Å²) in [7, 11) is 0.365. The van der Waals surface area contributed by atoms with Crippen LogP contribution in [-0.4, -0.2) is 198 Å². The lowest BCUT2D eigenvalue weighted by molar-refractivity contribution is -0.387. The highest BCUT2D eigenvalue weighted by atomic mass is 35.6. The lowest BCUT2D eigenvalue weighted by Crippen LogP contribution is -2.70. The van der Waals surface area contributed by atoms with Crippen molar-refractivity contribution in [2.75, 3.05) is 47.3 Å². The minimum Gasteiger partial charge on any atom is -0.465 e. The molecule has 7 rings (SSSR count). The van der Waals surface area contributed by atoms with Gasteiger partial charge in [0.2, 0.25) is 3.79 Å². The first kappa shape index (κ1) is 70.7. The number of ether oxygens (including phenoxy) is 16. The first-order chi connectivity index (χ1) is 42.3. The van der Waals surface area contributed by atoms with Crippen molar-refractivity contribution in [3.05, 3.63) is 118 Å². The molecule has 488 valence electrons. The fourth-order valence-corrected chi connectivity index (χ4v) is 11.1. The number of rotatable bonds is 26. The number of hydrogen-bond donors (Lipinski definition) is 2. The molecule has 0 saturated carbocycles. The summed E-state index contributed by atoms with van der Waals surface area (Å²) in [6.45, 7) is 7.13. The lowest BCUT2D eigenvalue weighted by atomic mass is 9.88. The number of nitrogens with zero attached hydrogens (tertiary/aromatic N) is 3. The van der Waals surface area contributed by atoms with Gasteiger partial charge < -0.3 is 86.2 Å². The molecule has 0 bridgehead atoms. The average Bonchev–Trinajstić information content (AvgIpc) is 1.09. The van der Waals surface area contributed by atoms with E-state index in [0.717, 1.165) is 35.0 Å². The first-order valence-electron chi connectivity index (χ1n) is 28.3. The van der Waals surface area contributed by atoms with Crippen molar-refractivity contribution in [3.63, 3.8) is 0 Å². The summed E-state index contributed by atoms with van der Waals surface area (Å²) in [5, 5.41) is 19.1. The van der Waals surface area contributed by atoms with Gasteiger partial charge in [-0.25, -0.2) is 14.4 Å². The van der Waals surface area contributed by atoms with Gasteiger partial charge in [-0.15, -0.1) is 0 Å². The van der Waals surface area contributed by atoms with Crippen LogP contribution in [0.5, 0.6) is 0 Å². The number of methoxy groups -OCH3 is 2. The van der Waals surface area contributed by atoms with Crippen LogP contribution in [-0.2, 0) is 102 Å². The molecule has 1 amide bonds. The highest BCUT2D eigenvalue weighted by Gasteiger charge is 2.61. The molecular formula is C58H73Cl3N4O23Si. The van der Waals surface area contributed by atoms with Crippen molar-refractivity contribution >= 4 is 78.8 Å². The number of carbonyl (C=O) groups excluding carboxylic acids is 6. The van der Waals surface area contributed by atoms with Gasteiger partial charge in [-0.3, -0.25) is 14.4 Å². The fourth-order valence-electron chi connectivity index (χ4n) is 10.2. The van der Waals surface area contributed by atoms with Crippen molar-refractivity contribution in [1.29, 1.82) is 0 Å². The van der Waals surface area contributed by atoms with Gasteiger partial charge in [-0.05, 0) is 29.3 Å². The number of alkyl halides is 3. The zero-order valence-electron chi connectivity index (χ0n) is 50.0. The van der Waals surface area contributed by atoms with E-state index in [1.807, 2.05) is 6.07 Å². The van der Waals surface area contributed by atoms with E-state index in [1.54, 1.807) is 84.9 Å². The Hall–Kier alpha value is -5.76. The Kier molecular flexibility index (Phi) is 25.8. The number of azide groups is 1. The van der Waals surface area contributed by atoms with Crippen molar-refractivity contribution in [2.24, 2.45) is 5.11 Å². The van der Waals surface area contributed by atoms with Gasteiger partial charge >= 0.3 is 35.9 Å². The molecule has 17 atom stereocenters. The maximum absolute atomic E-state index is 14.7. The number of amides is 1. The number of carbonyl (C=O) groups is 6. The van der Waals surface area contributed by atoms with Crippen LogP contribution in [0.2, 0.25) is 25.7 Å². The molecule has 3 aromatic rings. The Morgan fingerprint density at radius 2 is 1.51 bits per heavy atom. The van der Waals surface area contributed by atoms with Gasteiger partial charge in [-0.1, -0.05) is 138 Å². The molecule has 4 aliphatic heterocycles. The quantitative estimate of drug-likeness (QED) is 0.0160. The minimum atomic E-state index is -2.80. The molecule has 4 saturated heterocycles. The van der Waals surface area contributed by atoms with Crippen LogP contribution in [0.4, 0.5) is 4.79 Å². The van der Waals surface area contributed by atoms with Crippen molar-refractivity contribution < 1.29 is 110 Å². The van der Waals surface area contributed by atoms with Crippen molar-refractivity contribution in [1.82, 2.24) is 5.32 Å². The van der Waals surface area contributed by atoms with Gasteiger partial charge in [0.05, 0.1) is 51.1 Å². The second kappa shape index (κ2) is 32.5. The van der Waals surface area contributed by atoms with Crippen LogP contribution in [0.25, 0.3) is 10.4 Å². The molecular weight excluding hydrogens is 1260 g/mol. The second-order valence-electron chi connectivity index (χ2n) is 22.2. The number of halogens is 3. The third kappa shape index (κ3) is 19.9. The summed E-state index contributed by atoms with van der Waals surface area (Å²) in [4.78, 5) is 84.0. The first-order valence-corrected chi connectivity index (χ1v) is 33.1. The molecule has 27 nitrogen and oxygen atoms in total. The molecule has 4 aliphatic rings. The predicted octanol–water partition coefficient (Wildman–Crippen LogP) is 6.72. The van der Waals surface area contributed by atoms with Crippen LogP contribution in [0.3, 0.4) is 0 Å². The highest BCUT2D eigenvalue weighted by molar-refractivity contribution is 6.76. The van der Waals surface area contributed by atoms with Gasteiger partial charge in [-0.2, -0.15) is 0 Å². The summed E-state index contributed by atoms with van der Waals surface area (Å²) in [6, 6.07) is 23.0. The molecule has 4 heterocycles. The van der Waals surface area contributed by atoms with Gasteiger partial charge in [0.1, 0.15) is 68.1 Å². The average molecular weight is 1330 g/mol. The predicted molar refractivity (Wildman–Crippen MR) is 313 cm³/mol. The molecule has 89 heavy (non-hydrogen) atoms. The molecule has 4 fully saturated rings. The standard InChI is InChI=1S/C58H73Cl3N4O23Si/c1-32(66)76-28-39(73-4)46(82-34(3)68)48-42(63-56(72)79-31-58(59,60)61)38(81-33(2)67)26-57(88-48,55(71)74-5)80-30-41-45(77-27-35-18-12-9-13-19-35)44(69)43(64-65-62)53(83-41)87-49-47-40(29-78-52(86-47)37-22-16-11-17-23-37)84-54(75-24-25-89(6,7)8)50(49)85-51(70)36-20-14-10-15-21-36/h9-23,38-50,52-54,69H,24-31H2,1-8H3,(H,63,72)/t38-,39+,40+,41+,42+,43+,44+,45-,46+,47-,48+,49-,50+,52-,53-,54+,57+/m0/s1. The Morgan fingerprint density at radius 3 is 2.11 bits per heavy atom. The normalized spacial score (nSPS) is 29.3. The number of aliphatic hydroxyl groups excluding tert-OH is 1. The third-order valence-electron chi connectivity index (χ3n) is 14.4. The lowest BCUT2D eigenvalue weighted by Gasteiger charge is -2.51. The van der Waals surface area contributed by atoms with Crippen LogP contribution in [0.1, 0.15) is 55.0 Å². The number of esters is 5. The Morgan fingerprint density at radius 1 is 0.831 bits per heavy atom. The smallest absolute Gasteiger partial charge is 0.407 e. The van der Waals surface area contributed by atoms with Gasteiger partial charge in [0.25, 0.3) is 5.79 Å². The van der Waals surface area contributed by atoms with E-state index in [-0.39, 0.29) is 25.4 Å². The zero-order valence-corrected chi connectivity index (χ0v) is 53.2. The van der Waals surface area contributed by atoms with E-state index in [2.05, 4.69) is 35.0 Å². The SMILES string of the molecule is COC(=O)[C@@]1(OC[C@H]2O[C@@H](O[C@H]3[C@H]4O[C@@H](c5ccccc5)OC[C@H]4O[C@@H](OCC[Si](C)(C)C)[C@@H]3OC(=O)c3ccccc3)[C@H](N=[N+]=[N-])[C@@H](O)[C@H]2OCc2ccccc2)C[C@H](OC(C)=O)[C@@H](NC(=O)OCC(Cl)(Cl)Cl)[C@H]([C@H](OC(C)=O)[C@@H](COC(C)=O)OC)O1. The molecule has 0 aliphatic carbocycles. The number of benzene rings is 3. The van der Waals surface area contributed by atoms with Gasteiger partial charge in [0.15, 0.2) is 31.1 Å². The molecule has 0 radical (unpaired) electrons. The topological polar surface area (TPSA) is 331 Å². The number of fused-ring (bicyclic) bond motifs is 1. The molecule has 0 unspecified atom stereocenters. The molecule has 2 N–H and O–H groups in total. The van der Waals surface area contributed by atoms with Crippen LogP contribution in [0.15, 0.2) is 96.1 Å². The summed E-state index contributed by atoms with van der Waals surface area (Å²) in [5.74, 6) is -7.68. The number of alkyl carbamates (subject to hydrolysis) is 1. The zero-order chi connectivity index (χ0) is 64.6. The van der Waals surface area contributed by atoms with Crippen LogP contribution in [0, 0.1) is 0 Å². The van der Waals surface area contributed by atoms with E-state index in [9.17, 15) is 39.4 Å². The molecule has 3 aromatic carbocycles. The Balaban J connectivity index is 1.34. The maximum Gasteiger partial charge on any atom is 0.407 e. The number of aliphatic hydroxyl groups is 1. The molecule has 0 aromatic heterocycles. The monoisotopic (exact) mass is 1330 g/mol. The van der Waals surface area contributed by atoms with Crippen LogP contribution < -0.4 is 5.32 Å². The van der Waals surface area contributed by atoms with Crippen molar-refractivity contribution in [2.45, 2.75) is 167 Å². The van der Waals surface area contributed by atoms with Gasteiger partial charge in [0, 0.05) is 53.0 Å². The summed E-state index contributed by atoms with van der Waals surface area (Å²) >= 11 is 17.7. The van der Waals surface area contributed by atoms with E-state index in [1.165, 1.54) is 0 Å².